The maximum atomic E-state index is 12.0. The third-order valence-electron chi connectivity index (χ3n) is 2.79. The molecular formula is C15H14F2N2O4S. The number of aromatic nitrogens is 1. The molecule has 0 aliphatic heterocycles. The second-order valence-corrected chi connectivity index (χ2v) is 5.88. The van der Waals surface area contributed by atoms with Gasteiger partial charge in [-0.1, -0.05) is 0 Å². The van der Waals surface area contributed by atoms with Crippen molar-refractivity contribution in [1.82, 2.24) is 4.98 Å². The number of alkyl halides is 2. The average molecular weight is 356 g/mol. The van der Waals surface area contributed by atoms with Crippen LogP contribution in [0.2, 0.25) is 0 Å². The molecule has 0 aliphatic carbocycles. The van der Waals surface area contributed by atoms with Crippen molar-refractivity contribution < 1.29 is 27.8 Å². The first kappa shape index (κ1) is 17.8. The maximum Gasteiger partial charge on any atom is 0.387 e. The number of carbonyl (C=O) groups is 2. The zero-order valence-electron chi connectivity index (χ0n) is 12.8. The van der Waals surface area contributed by atoms with E-state index in [2.05, 4.69) is 15.0 Å². The molecule has 6 nitrogen and oxygen atoms in total. The third-order valence-corrected chi connectivity index (χ3v) is 3.84. The van der Waals surface area contributed by atoms with Crippen LogP contribution in [0, 0.1) is 13.8 Å². The number of hydrogen-bond donors (Lipinski definition) is 1. The van der Waals surface area contributed by atoms with E-state index in [0.29, 0.717) is 16.3 Å². The number of carbonyl (C=O) groups excluding carboxylic acids is 2. The third kappa shape index (κ3) is 4.98. The van der Waals surface area contributed by atoms with Crippen LogP contribution in [-0.4, -0.2) is 30.1 Å². The Morgan fingerprint density at radius 1 is 1.25 bits per heavy atom. The number of ether oxygens (including phenoxy) is 2. The highest BCUT2D eigenvalue weighted by Crippen LogP contribution is 2.19. The molecule has 0 radical (unpaired) electrons. The molecule has 0 fully saturated rings. The van der Waals surface area contributed by atoms with Gasteiger partial charge in [-0.25, -0.2) is 9.78 Å². The van der Waals surface area contributed by atoms with Crippen molar-refractivity contribution >= 4 is 28.9 Å². The number of halogens is 2. The van der Waals surface area contributed by atoms with Gasteiger partial charge in [0.05, 0.1) is 10.7 Å². The van der Waals surface area contributed by atoms with Gasteiger partial charge in [-0.05, 0) is 38.1 Å². The summed E-state index contributed by atoms with van der Waals surface area (Å²) >= 11 is 1.19. The number of thiazole rings is 1. The monoisotopic (exact) mass is 356 g/mol. The highest BCUT2D eigenvalue weighted by molar-refractivity contribution is 7.13. The Bertz CT molecular complexity index is 732. The van der Waals surface area contributed by atoms with Crippen LogP contribution in [0.25, 0.3) is 0 Å². The molecule has 0 unspecified atom stereocenters. The Labute approximate surface area is 140 Å². The lowest BCUT2D eigenvalue weighted by molar-refractivity contribution is -0.119. The molecule has 0 saturated carbocycles. The van der Waals surface area contributed by atoms with Crippen molar-refractivity contribution in [3.05, 3.63) is 39.8 Å². The lowest BCUT2D eigenvalue weighted by atomic mass is 10.3. The zero-order valence-corrected chi connectivity index (χ0v) is 13.7. The van der Waals surface area contributed by atoms with Crippen molar-refractivity contribution in [1.29, 1.82) is 0 Å². The molecule has 0 atom stereocenters. The number of nitrogens with zero attached hydrogens (tertiary/aromatic N) is 1. The van der Waals surface area contributed by atoms with Crippen LogP contribution >= 0.6 is 11.3 Å². The summed E-state index contributed by atoms with van der Waals surface area (Å²) in [6.45, 7) is 0.0692. The van der Waals surface area contributed by atoms with E-state index >= 15 is 0 Å². The quantitative estimate of drug-likeness (QED) is 0.805. The van der Waals surface area contributed by atoms with Crippen LogP contribution in [-0.2, 0) is 9.53 Å². The number of anilines is 1. The number of nitrogens with one attached hydrogen (secondary N) is 1. The zero-order chi connectivity index (χ0) is 17.7. The lowest BCUT2D eigenvalue weighted by Crippen LogP contribution is -2.20. The Hall–Kier alpha value is -2.55. The first-order chi connectivity index (χ1) is 11.3. The normalized spacial score (nSPS) is 10.5. The molecule has 1 aromatic carbocycles. The summed E-state index contributed by atoms with van der Waals surface area (Å²) in [4.78, 5) is 28.1. The minimum atomic E-state index is -2.91. The number of amides is 1. The first-order valence-corrected chi connectivity index (χ1v) is 7.62. The van der Waals surface area contributed by atoms with Crippen molar-refractivity contribution in [2.24, 2.45) is 0 Å². The van der Waals surface area contributed by atoms with Gasteiger partial charge in [-0.2, -0.15) is 8.78 Å². The molecule has 1 amide bonds. The number of esters is 1. The van der Waals surface area contributed by atoms with Crippen LogP contribution in [0.4, 0.5) is 14.5 Å². The molecule has 1 aromatic heterocycles. The largest absolute Gasteiger partial charge is 0.451 e. The molecule has 9 heteroatoms. The van der Waals surface area contributed by atoms with E-state index in [1.165, 1.54) is 35.6 Å². The van der Waals surface area contributed by atoms with Crippen molar-refractivity contribution in [2.75, 3.05) is 11.9 Å². The summed E-state index contributed by atoms with van der Waals surface area (Å²) in [6.07, 6.45) is 0. The summed E-state index contributed by atoms with van der Waals surface area (Å²) < 4.78 is 33.2. The van der Waals surface area contributed by atoms with E-state index in [0.717, 1.165) is 5.01 Å². The van der Waals surface area contributed by atoms with Gasteiger partial charge in [0, 0.05) is 5.69 Å². The molecule has 0 saturated heterocycles. The predicted molar refractivity (Wildman–Crippen MR) is 83.6 cm³/mol. The Morgan fingerprint density at radius 2 is 1.92 bits per heavy atom. The molecule has 128 valence electrons. The van der Waals surface area contributed by atoms with Gasteiger partial charge in [0.15, 0.2) is 6.61 Å². The van der Waals surface area contributed by atoms with E-state index in [1.807, 2.05) is 0 Å². The highest BCUT2D eigenvalue weighted by atomic mass is 32.1. The summed E-state index contributed by atoms with van der Waals surface area (Å²) in [5.41, 5.74) is 0.917. The minimum absolute atomic E-state index is 0.0227. The van der Waals surface area contributed by atoms with Crippen LogP contribution in [0.5, 0.6) is 5.75 Å². The van der Waals surface area contributed by atoms with Gasteiger partial charge in [0.1, 0.15) is 10.6 Å². The fourth-order valence-corrected chi connectivity index (χ4v) is 2.65. The molecule has 0 bridgehead atoms. The molecule has 0 aliphatic rings. The van der Waals surface area contributed by atoms with Gasteiger partial charge in [0.25, 0.3) is 5.91 Å². The Morgan fingerprint density at radius 3 is 2.46 bits per heavy atom. The topological polar surface area (TPSA) is 77.5 Å². The summed E-state index contributed by atoms with van der Waals surface area (Å²) in [6, 6.07) is 5.37. The highest BCUT2D eigenvalue weighted by Gasteiger charge is 2.16. The first-order valence-electron chi connectivity index (χ1n) is 6.81. The molecular weight excluding hydrogens is 342 g/mol. The fraction of sp³-hybridized carbons (Fsp3) is 0.267. The Kier molecular flexibility index (Phi) is 5.80. The van der Waals surface area contributed by atoms with Gasteiger partial charge in [-0.3, -0.25) is 4.79 Å². The van der Waals surface area contributed by atoms with Crippen molar-refractivity contribution in [2.45, 2.75) is 20.5 Å². The standard InChI is InChI=1S/C15H14F2N2O4S/c1-8-13(24-9(2)18-8)14(21)22-7-12(20)19-10-3-5-11(6-4-10)23-15(16)17/h3-6,15H,7H2,1-2H3,(H,19,20). The molecule has 1 heterocycles. The van der Waals surface area contributed by atoms with Gasteiger partial charge >= 0.3 is 12.6 Å². The smallest absolute Gasteiger partial charge is 0.387 e. The average Bonchev–Trinajstić information content (AvgIpc) is 2.85. The van der Waals surface area contributed by atoms with Gasteiger partial charge in [-0.15, -0.1) is 11.3 Å². The van der Waals surface area contributed by atoms with Crippen molar-refractivity contribution in [3.8, 4) is 5.75 Å². The van der Waals surface area contributed by atoms with Crippen LogP contribution < -0.4 is 10.1 Å². The van der Waals surface area contributed by atoms with E-state index in [4.69, 9.17) is 4.74 Å². The van der Waals surface area contributed by atoms with Crippen LogP contribution in [0.15, 0.2) is 24.3 Å². The maximum absolute atomic E-state index is 12.0. The minimum Gasteiger partial charge on any atom is -0.451 e. The second-order valence-electron chi connectivity index (χ2n) is 4.67. The van der Waals surface area contributed by atoms with Gasteiger partial charge < -0.3 is 14.8 Å². The summed E-state index contributed by atoms with van der Waals surface area (Å²) in [5.74, 6) is -1.19. The SMILES string of the molecule is Cc1nc(C)c(C(=O)OCC(=O)Nc2ccc(OC(F)F)cc2)s1. The van der Waals surface area contributed by atoms with Gasteiger partial charge in [0.2, 0.25) is 0 Å². The lowest BCUT2D eigenvalue weighted by Gasteiger charge is -2.08. The molecule has 2 rings (SSSR count). The van der Waals surface area contributed by atoms with E-state index < -0.39 is 25.1 Å². The van der Waals surface area contributed by atoms with E-state index in [1.54, 1.807) is 13.8 Å². The number of benzene rings is 1. The summed E-state index contributed by atoms with van der Waals surface area (Å²) in [5, 5.41) is 3.21. The predicted octanol–water partition coefficient (Wildman–Crippen LogP) is 3.16. The number of hydrogen-bond acceptors (Lipinski definition) is 6. The second kappa shape index (κ2) is 7.82. The van der Waals surface area contributed by atoms with E-state index in [-0.39, 0.29) is 5.75 Å². The van der Waals surface area contributed by atoms with Crippen LogP contribution in [0.3, 0.4) is 0 Å². The molecule has 24 heavy (non-hydrogen) atoms. The Balaban J connectivity index is 1.85. The fourth-order valence-electron chi connectivity index (χ4n) is 1.83. The van der Waals surface area contributed by atoms with Crippen molar-refractivity contribution in [3.63, 3.8) is 0 Å². The molecule has 1 N–H and O–H groups in total. The van der Waals surface area contributed by atoms with E-state index in [9.17, 15) is 18.4 Å². The summed E-state index contributed by atoms with van der Waals surface area (Å²) in [7, 11) is 0. The molecule has 2 aromatic rings. The van der Waals surface area contributed by atoms with Crippen LogP contribution in [0.1, 0.15) is 20.4 Å². The molecule has 0 spiro atoms. The number of aryl methyl sites for hydroxylation is 2. The number of rotatable bonds is 6.